The zero-order chi connectivity index (χ0) is 44.2. The van der Waals surface area contributed by atoms with Gasteiger partial charge in [-0.1, -0.05) is 232 Å². The minimum absolute atomic E-state index is 0.0497. The molecule has 0 radical (unpaired) electrons. The molecule has 2 atom stereocenters. The summed E-state index contributed by atoms with van der Waals surface area (Å²) in [6.07, 6.45) is 47.0. The molecule has 0 N–H and O–H groups in total. The van der Waals surface area contributed by atoms with Gasteiger partial charge in [0.25, 0.3) is 0 Å². The molecular weight excluding hydrogens is 751 g/mol. The largest absolute Gasteiger partial charge is 0.544 e. The normalized spacial score (nSPS) is 12.8. The number of rotatable bonds is 48. The van der Waals surface area contributed by atoms with E-state index in [0.717, 1.165) is 38.5 Å². The van der Waals surface area contributed by atoms with Gasteiger partial charge in [0.15, 0.2) is 6.10 Å². The number of carboxylic acids is 1. The first-order valence-electron chi connectivity index (χ1n) is 26.1. The van der Waals surface area contributed by atoms with Gasteiger partial charge in [0.1, 0.15) is 12.6 Å². The van der Waals surface area contributed by atoms with Crippen molar-refractivity contribution in [1.82, 2.24) is 0 Å². The van der Waals surface area contributed by atoms with Gasteiger partial charge in [0.05, 0.1) is 40.3 Å². The molecule has 2 unspecified atom stereocenters. The van der Waals surface area contributed by atoms with Crippen LogP contribution >= 0.6 is 0 Å². The van der Waals surface area contributed by atoms with E-state index < -0.39 is 18.1 Å². The van der Waals surface area contributed by atoms with Crippen LogP contribution in [0.25, 0.3) is 0 Å². The minimum Gasteiger partial charge on any atom is -0.544 e. The maximum atomic E-state index is 12.8. The first-order valence-corrected chi connectivity index (χ1v) is 26.1. The zero-order valence-electron chi connectivity index (χ0n) is 40.7. The molecular formula is C52H101NO7. The summed E-state index contributed by atoms with van der Waals surface area (Å²) in [5, 5.41) is 11.7. The van der Waals surface area contributed by atoms with Gasteiger partial charge in [0.2, 0.25) is 0 Å². The average Bonchev–Trinajstić information content (AvgIpc) is 3.21. The molecule has 0 bridgehead atoms. The van der Waals surface area contributed by atoms with Crippen molar-refractivity contribution in [3.8, 4) is 0 Å². The number of likely N-dealkylation sites (N-methyl/N-ethyl adjacent to an activating group) is 1. The second-order valence-corrected chi connectivity index (χ2v) is 19.1. The van der Waals surface area contributed by atoms with Gasteiger partial charge in [-0.25, -0.2) is 0 Å². The fraction of sp³-hybridized carbons (Fsp3) is 0.942. The number of quaternary nitrogens is 1. The quantitative estimate of drug-likeness (QED) is 0.0341. The van der Waals surface area contributed by atoms with Crippen LogP contribution in [0.2, 0.25) is 0 Å². The number of aliphatic carboxylic acids is 1. The lowest BCUT2D eigenvalue weighted by Gasteiger charge is -2.34. The topological polar surface area (TPSA) is 102 Å². The van der Waals surface area contributed by atoms with Crippen LogP contribution < -0.4 is 5.11 Å². The van der Waals surface area contributed by atoms with Crippen molar-refractivity contribution in [3.05, 3.63) is 0 Å². The van der Waals surface area contributed by atoms with Crippen molar-refractivity contribution < 1.29 is 38.2 Å². The molecule has 0 aromatic carbocycles. The van der Waals surface area contributed by atoms with Gasteiger partial charge in [-0.05, 0) is 12.8 Å². The van der Waals surface area contributed by atoms with E-state index in [4.69, 9.17) is 14.2 Å². The van der Waals surface area contributed by atoms with Crippen molar-refractivity contribution >= 4 is 17.9 Å². The minimum atomic E-state index is -1.12. The Balaban J connectivity index is 4.15. The van der Waals surface area contributed by atoms with Gasteiger partial charge in [0, 0.05) is 19.3 Å². The third kappa shape index (κ3) is 41.7. The summed E-state index contributed by atoms with van der Waals surface area (Å²) in [5.41, 5.74) is 0. The van der Waals surface area contributed by atoms with Crippen molar-refractivity contribution in [2.45, 2.75) is 276 Å². The van der Waals surface area contributed by atoms with Gasteiger partial charge < -0.3 is 28.6 Å². The Hall–Kier alpha value is -1.67. The molecule has 0 aromatic rings. The highest BCUT2D eigenvalue weighted by molar-refractivity contribution is 5.70. The highest BCUT2D eigenvalue weighted by atomic mass is 16.6. The van der Waals surface area contributed by atoms with Crippen LogP contribution in [0.15, 0.2) is 0 Å². The zero-order valence-corrected chi connectivity index (χ0v) is 40.7. The lowest BCUT2D eigenvalue weighted by atomic mass is 10.0. The van der Waals surface area contributed by atoms with Crippen LogP contribution in [0.5, 0.6) is 0 Å². The van der Waals surface area contributed by atoms with E-state index in [1.54, 1.807) is 0 Å². The summed E-state index contributed by atoms with van der Waals surface area (Å²) >= 11 is 0. The summed E-state index contributed by atoms with van der Waals surface area (Å²) in [7, 11) is 5.43. The predicted molar refractivity (Wildman–Crippen MR) is 250 cm³/mol. The standard InChI is InChI=1S/C52H101NO7/c1-6-8-10-12-14-16-18-20-22-23-24-25-26-27-29-30-32-34-36-38-40-42-50(54)59-47-48(46-58-45-44-49(52(56)57)53(3,4)5)60-51(55)43-41-39-37-35-33-31-28-21-19-17-15-13-11-9-7-2/h48-49H,6-47H2,1-5H3. The molecule has 0 aliphatic rings. The van der Waals surface area contributed by atoms with Crippen LogP contribution in [-0.2, 0) is 28.6 Å². The number of carbonyl (C=O) groups excluding carboxylic acids is 3. The Morgan fingerprint density at radius 1 is 0.433 bits per heavy atom. The number of hydrogen-bond donors (Lipinski definition) is 0. The second-order valence-electron chi connectivity index (χ2n) is 19.1. The summed E-state index contributed by atoms with van der Waals surface area (Å²) in [6.45, 7) is 4.72. The highest BCUT2D eigenvalue weighted by Gasteiger charge is 2.25. The van der Waals surface area contributed by atoms with Crippen molar-refractivity contribution in [3.63, 3.8) is 0 Å². The Labute approximate surface area is 372 Å². The van der Waals surface area contributed by atoms with Crippen molar-refractivity contribution in [2.24, 2.45) is 0 Å². The highest BCUT2D eigenvalue weighted by Crippen LogP contribution is 2.17. The first-order chi connectivity index (χ1) is 29.1. The maximum absolute atomic E-state index is 12.8. The van der Waals surface area contributed by atoms with Crippen LogP contribution in [0, 0.1) is 0 Å². The smallest absolute Gasteiger partial charge is 0.306 e. The molecule has 0 aliphatic heterocycles. The lowest BCUT2D eigenvalue weighted by molar-refractivity contribution is -0.889. The molecule has 60 heavy (non-hydrogen) atoms. The van der Waals surface area contributed by atoms with Gasteiger partial charge in [-0.2, -0.15) is 0 Å². The fourth-order valence-corrected chi connectivity index (χ4v) is 8.19. The monoisotopic (exact) mass is 852 g/mol. The van der Waals surface area contributed by atoms with E-state index >= 15 is 0 Å². The van der Waals surface area contributed by atoms with Crippen molar-refractivity contribution in [2.75, 3.05) is 41.0 Å². The van der Waals surface area contributed by atoms with E-state index in [-0.39, 0.29) is 42.7 Å². The van der Waals surface area contributed by atoms with E-state index in [2.05, 4.69) is 13.8 Å². The molecule has 0 heterocycles. The Morgan fingerprint density at radius 2 is 0.733 bits per heavy atom. The van der Waals surface area contributed by atoms with Crippen LogP contribution in [0.4, 0.5) is 0 Å². The molecule has 0 aromatic heterocycles. The number of hydrogen-bond acceptors (Lipinski definition) is 7. The number of nitrogens with zero attached hydrogens (tertiary/aromatic N) is 1. The number of ether oxygens (including phenoxy) is 3. The predicted octanol–water partition coefficient (Wildman–Crippen LogP) is 13.5. The van der Waals surface area contributed by atoms with E-state index in [9.17, 15) is 19.5 Å². The van der Waals surface area contributed by atoms with Gasteiger partial charge in [-0.15, -0.1) is 0 Å². The Bertz CT molecular complexity index is 951. The molecule has 356 valence electrons. The fourth-order valence-electron chi connectivity index (χ4n) is 8.19. The molecule has 0 saturated heterocycles. The average molecular weight is 852 g/mol. The molecule has 0 spiro atoms. The number of unbranched alkanes of at least 4 members (excludes halogenated alkanes) is 34. The summed E-state index contributed by atoms with van der Waals surface area (Å²) in [5.74, 6) is -1.71. The lowest BCUT2D eigenvalue weighted by Crippen LogP contribution is -2.55. The number of carboxylic acid groups (broad SMARTS) is 1. The van der Waals surface area contributed by atoms with E-state index in [1.165, 1.54) is 193 Å². The second kappa shape index (κ2) is 44.0. The van der Waals surface area contributed by atoms with E-state index in [0.29, 0.717) is 12.8 Å². The third-order valence-electron chi connectivity index (χ3n) is 12.2. The number of esters is 2. The van der Waals surface area contributed by atoms with Gasteiger partial charge >= 0.3 is 11.9 Å². The van der Waals surface area contributed by atoms with Crippen LogP contribution in [0.3, 0.4) is 0 Å². The molecule has 0 fully saturated rings. The molecule has 0 amide bonds. The Morgan fingerprint density at radius 3 is 1.03 bits per heavy atom. The summed E-state index contributed by atoms with van der Waals surface area (Å²) in [6, 6.07) is -0.720. The summed E-state index contributed by atoms with van der Waals surface area (Å²) in [4.78, 5) is 37.0. The van der Waals surface area contributed by atoms with Gasteiger partial charge in [-0.3, -0.25) is 9.59 Å². The Kier molecular flexibility index (Phi) is 42.7. The maximum Gasteiger partial charge on any atom is 0.306 e. The molecule has 8 heteroatoms. The van der Waals surface area contributed by atoms with Crippen molar-refractivity contribution in [1.29, 1.82) is 0 Å². The molecule has 8 nitrogen and oxygen atoms in total. The first kappa shape index (κ1) is 58.3. The molecule has 0 saturated carbocycles. The third-order valence-corrected chi connectivity index (χ3v) is 12.2. The summed E-state index contributed by atoms with van der Waals surface area (Å²) < 4.78 is 17.3. The molecule has 0 aliphatic carbocycles. The van der Waals surface area contributed by atoms with E-state index in [1.807, 2.05) is 21.1 Å². The van der Waals surface area contributed by atoms with Crippen LogP contribution in [0.1, 0.15) is 264 Å². The number of carbonyl (C=O) groups is 3. The molecule has 0 rings (SSSR count). The van der Waals surface area contributed by atoms with Crippen LogP contribution in [-0.4, -0.2) is 75.5 Å². The SMILES string of the molecule is CCCCCCCCCCCCCCCCCCCCCCCC(=O)OCC(COCCC(C(=O)[O-])[N+](C)(C)C)OC(=O)CCCCCCCCCCCCCCCCC.